The van der Waals surface area contributed by atoms with Gasteiger partial charge in [-0.15, -0.1) is 0 Å². The maximum absolute atomic E-state index is 10.5. The van der Waals surface area contributed by atoms with Gasteiger partial charge in [-0.3, -0.25) is 4.90 Å². The van der Waals surface area contributed by atoms with Crippen LogP contribution in [-0.2, 0) is 17.9 Å². The van der Waals surface area contributed by atoms with E-state index in [1.165, 1.54) is 16.7 Å². The maximum Gasteiger partial charge on any atom is 0.0900 e. The summed E-state index contributed by atoms with van der Waals surface area (Å²) in [4.78, 5) is 2.36. The third-order valence-corrected chi connectivity index (χ3v) is 4.96. The molecule has 0 radical (unpaired) electrons. The van der Waals surface area contributed by atoms with Crippen molar-refractivity contribution in [2.75, 3.05) is 13.2 Å². The molecule has 0 aliphatic carbocycles. The molecule has 0 amide bonds. The molecule has 0 aliphatic heterocycles. The molecule has 0 unspecified atom stereocenters. The van der Waals surface area contributed by atoms with Crippen molar-refractivity contribution in [1.29, 1.82) is 0 Å². The van der Waals surface area contributed by atoms with E-state index in [2.05, 4.69) is 50.8 Å². The van der Waals surface area contributed by atoms with Crippen molar-refractivity contribution in [2.24, 2.45) is 0 Å². The van der Waals surface area contributed by atoms with Crippen LogP contribution in [0, 0.1) is 13.8 Å². The van der Waals surface area contributed by atoms with Crippen molar-refractivity contribution in [3.8, 4) is 0 Å². The van der Waals surface area contributed by atoms with Gasteiger partial charge in [0, 0.05) is 19.1 Å². The molecule has 0 spiro atoms. The summed E-state index contributed by atoms with van der Waals surface area (Å²) in [6.07, 6.45) is 0.570. The smallest absolute Gasteiger partial charge is 0.0900 e. The van der Waals surface area contributed by atoms with Gasteiger partial charge in [-0.2, -0.15) is 0 Å². The molecule has 2 aromatic rings. The van der Waals surface area contributed by atoms with Crippen molar-refractivity contribution in [3.63, 3.8) is 0 Å². The summed E-state index contributed by atoms with van der Waals surface area (Å²) in [5, 5.41) is 10.5. The Morgan fingerprint density at radius 2 is 1.81 bits per heavy atom. The molecule has 2 rings (SSSR count). The van der Waals surface area contributed by atoms with Crippen molar-refractivity contribution < 1.29 is 9.84 Å². The molecule has 0 aromatic heterocycles. The molecule has 142 valence electrons. The first-order valence-electron chi connectivity index (χ1n) is 9.59. The molecule has 2 atom stereocenters. The van der Waals surface area contributed by atoms with Gasteiger partial charge >= 0.3 is 0 Å². The molecule has 0 heterocycles. The van der Waals surface area contributed by atoms with Crippen LogP contribution in [0.2, 0.25) is 0 Å². The first-order chi connectivity index (χ1) is 12.5. The molecular weight excluding hydrogens is 322 g/mol. The predicted octanol–water partition coefficient (Wildman–Crippen LogP) is 4.48. The standard InChI is InChI=1S/C23H33NO2/c1-5-20(4)24(14-22-13-18(2)11-12-19(22)3)15-23(25)17-26-16-21-9-7-6-8-10-21/h6-13,20,23,25H,5,14-17H2,1-4H3/t20-,23+/m0/s1. The minimum absolute atomic E-state index is 0.356. The number of aryl methyl sites for hydroxylation is 2. The minimum atomic E-state index is -0.488. The quantitative estimate of drug-likeness (QED) is 0.682. The third-order valence-electron chi connectivity index (χ3n) is 4.96. The van der Waals surface area contributed by atoms with Crippen LogP contribution in [0.1, 0.15) is 42.5 Å². The second-order valence-electron chi connectivity index (χ2n) is 7.27. The van der Waals surface area contributed by atoms with E-state index in [-0.39, 0.29) is 0 Å². The monoisotopic (exact) mass is 355 g/mol. The van der Waals surface area contributed by atoms with Crippen LogP contribution in [0.15, 0.2) is 48.5 Å². The molecule has 0 saturated heterocycles. The maximum atomic E-state index is 10.5. The van der Waals surface area contributed by atoms with E-state index in [4.69, 9.17) is 4.74 Å². The lowest BCUT2D eigenvalue weighted by Crippen LogP contribution is -2.40. The third kappa shape index (κ3) is 6.56. The highest BCUT2D eigenvalue weighted by Crippen LogP contribution is 2.17. The Balaban J connectivity index is 1.91. The molecule has 26 heavy (non-hydrogen) atoms. The van der Waals surface area contributed by atoms with E-state index in [1.54, 1.807) is 0 Å². The highest BCUT2D eigenvalue weighted by atomic mass is 16.5. The van der Waals surface area contributed by atoms with E-state index in [1.807, 2.05) is 30.3 Å². The number of aliphatic hydroxyl groups excluding tert-OH is 1. The Morgan fingerprint density at radius 1 is 1.08 bits per heavy atom. The average molecular weight is 356 g/mol. The molecule has 0 fully saturated rings. The number of ether oxygens (including phenoxy) is 1. The molecular formula is C23H33NO2. The summed E-state index contributed by atoms with van der Waals surface area (Å²) in [5.74, 6) is 0. The highest BCUT2D eigenvalue weighted by molar-refractivity contribution is 5.30. The zero-order valence-electron chi connectivity index (χ0n) is 16.6. The van der Waals surface area contributed by atoms with Crippen LogP contribution in [0.5, 0.6) is 0 Å². The van der Waals surface area contributed by atoms with Crippen molar-refractivity contribution in [2.45, 2.75) is 59.4 Å². The van der Waals surface area contributed by atoms with Crippen LogP contribution < -0.4 is 0 Å². The van der Waals surface area contributed by atoms with Gasteiger partial charge < -0.3 is 9.84 Å². The van der Waals surface area contributed by atoms with Gasteiger partial charge in [0.25, 0.3) is 0 Å². The second-order valence-corrected chi connectivity index (χ2v) is 7.27. The fourth-order valence-corrected chi connectivity index (χ4v) is 3.06. The van der Waals surface area contributed by atoms with Crippen molar-refractivity contribution >= 4 is 0 Å². The molecule has 1 N–H and O–H groups in total. The van der Waals surface area contributed by atoms with Crippen LogP contribution in [-0.4, -0.2) is 35.3 Å². The zero-order valence-corrected chi connectivity index (χ0v) is 16.6. The van der Waals surface area contributed by atoms with Gasteiger partial charge in [-0.1, -0.05) is 61.0 Å². The van der Waals surface area contributed by atoms with Gasteiger partial charge in [-0.05, 0) is 43.9 Å². The fourth-order valence-electron chi connectivity index (χ4n) is 3.06. The van der Waals surface area contributed by atoms with E-state index in [0.29, 0.717) is 25.8 Å². The van der Waals surface area contributed by atoms with Crippen LogP contribution in [0.25, 0.3) is 0 Å². The summed E-state index contributed by atoms with van der Waals surface area (Å²) >= 11 is 0. The van der Waals surface area contributed by atoms with E-state index < -0.39 is 6.10 Å². The van der Waals surface area contributed by atoms with Gasteiger partial charge in [-0.25, -0.2) is 0 Å². The lowest BCUT2D eigenvalue weighted by molar-refractivity contribution is 0.00141. The van der Waals surface area contributed by atoms with Crippen LogP contribution >= 0.6 is 0 Å². The summed E-state index contributed by atoms with van der Waals surface area (Å²) in [5.41, 5.74) is 5.05. The molecule has 2 aromatic carbocycles. The Labute approximate surface area is 158 Å². The Kier molecular flexibility index (Phi) is 8.30. The first-order valence-corrected chi connectivity index (χ1v) is 9.59. The largest absolute Gasteiger partial charge is 0.389 e. The number of hydrogen-bond acceptors (Lipinski definition) is 3. The SMILES string of the molecule is CC[C@H](C)N(Cc1cc(C)ccc1C)C[C@@H](O)COCc1ccccc1. The topological polar surface area (TPSA) is 32.7 Å². The highest BCUT2D eigenvalue weighted by Gasteiger charge is 2.18. The lowest BCUT2D eigenvalue weighted by Gasteiger charge is -2.31. The Bertz CT molecular complexity index is 657. The van der Waals surface area contributed by atoms with Gasteiger partial charge in [0.15, 0.2) is 0 Å². The summed E-state index contributed by atoms with van der Waals surface area (Å²) < 4.78 is 5.71. The number of aliphatic hydroxyl groups is 1. The lowest BCUT2D eigenvalue weighted by atomic mass is 10.0. The summed E-state index contributed by atoms with van der Waals surface area (Å²) in [7, 11) is 0. The van der Waals surface area contributed by atoms with Gasteiger partial charge in [0.05, 0.1) is 19.3 Å². The van der Waals surface area contributed by atoms with E-state index in [0.717, 1.165) is 18.5 Å². The Hall–Kier alpha value is -1.68. The van der Waals surface area contributed by atoms with Gasteiger partial charge in [0.1, 0.15) is 0 Å². The summed E-state index contributed by atoms with van der Waals surface area (Å²) in [6.45, 7) is 11.1. The van der Waals surface area contributed by atoms with Crippen LogP contribution in [0.3, 0.4) is 0 Å². The molecule has 0 saturated carbocycles. The molecule has 3 heteroatoms. The van der Waals surface area contributed by atoms with Gasteiger partial charge in [0.2, 0.25) is 0 Å². The van der Waals surface area contributed by atoms with Crippen LogP contribution in [0.4, 0.5) is 0 Å². The molecule has 0 aliphatic rings. The zero-order chi connectivity index (χ0) is 18.9. The number of nitrogens with zero attached hydrogens (tertiary/aromatic N) is 1. The van der Waals surface area contributed by atoms with Crippen molar-refractivity contribution in [1.82, 2.24) is 4.90 Å². The van der Waals surface area contributed by atoms with E-state index >= 15 is 0 Å². The number of rotatable bonds is 10. The van der Waals surface area contributed by atoms with Crippen molar-refractivity contribution in [3.05, 3.63) is 70.8 Å². The Morgan fingerprint density at radius 3 is 2.50 bits per heavy atom. The summed E-state index contributed by atoms with van der Waals surface area (Å²) in [6, 6.07) is 17.1. The minimum Gasteiger partial charge on any atom is -0.389 e. The molecule has 0 bridgehead atoms. The molecule has 3 nitrogen and oxygen atoms in total. The first kappa shape index (κ1) is 20.6. The van der Waals surface area contributed by atoms with E-state index in [9.17, 15) is 5.11 Å². The average Bonchev–Trinajstić information content (AvgIpc) is 2.64. The normalized spacial score (nSPS) is 13.8. The number of benzene rings is 2. The second kappa shape index (κ2) is 10.5. The number of hydrogen-bond donors (Lipinski definition) is 1. The predicted molar refractivity (Wildman–Crippen MR) is 108 cm³/mol. The fraction of sp³-hybridized carbons (Fsp3) is 0.478.